The highest BCUT2D eigenvalue weighted by molar-refractivity contribution is 6.22. The molecule has 0 fully saturated rings. The summed E-state index contributed by atoms with van der Waals surface area (Å²) in [4.78, 5) is 51.1. The number of imide groups is 1. The van der Waals surface area contributed by atoms with E-state index in [9.17, 15) is 32.3 Å². The van der Waals surface area contributed by atoms with Gasteiger partial charge in [0.1, 0.15) is 5.56 Å². The van der Waals surface area contributed by atoms with Gasteiger partial charge in [-0.2, -0.15) is 13.2 Å². The van der Waals surface area contributed by atoms with E-state index in [2.05, 4.69) is 0 Å². The number of halogens is 3. The predicted molar refractivity (Wildman–Crippen MR) is 109 cm³/mol. The zero-order valence-electron chi connectivity index (χ0n) is 17.2. The van der Waals surface area contributed by atoms with Gasteiger partial charge in [0.05, 0.1) is 16.8 Å². The van der Waals surface area contributed by atoms with Gasteiger partial charge in [0.2, 0.25) is 5.91 Å². The second-order valence-corrected chi connectivity index (χ2v) is 6.89. The molecule has 0 unspecified atom stereocenters. The van der Waals surface area contributed by atoms with Crippen LogP contribution in [0, 0.1) is 0 Å². The maximum absolute atomic E-state index is 13.4. The summed E-state index contributed by atoms with van der Waals surface area (Å²) >= 11 is 0. The number of hydrogen-bond donors (Lipinski definition) is 0. The van der Waals surface area contributed by atoms with Gasteiger partial charge >= 0.3 is 12.1 Å². The molecule has 0 saturated heterocycles. The van der Waals surface area contributed by atoms with Crippen LogP contribution in [0.1, 0.15) is 29.8 Å². The summed E-state index contributed by atoms with van der Waals surface area (Å²) < 4.78 is 46.0. The maximum atomic E-state index is 13.4. The number of aromatic nitrogens is 1. The second-order valence-electron chi connectivity index (χ2n) is 6.89. The lowest BCUT2D eigenvalue weighted by Gasteiger charge is -2.22. The van der Waals surface area contributed by atoms with Crippen molar-refractivity contribution in [3.05, 3.63) is 70.0 Å². The summed E-state index contributed by atoms with van der Waals surface area (Å²) in [5, 5.41) is -0.281. The number of aryl methyl sites for hydroxylation is 1. The molecule has 0 aliphatic heterocycles. The largest absolute Gasteiger partial charge is 0.425 e. The fourth-order valence-corrected chi connectivity index (χ4v) is 3.26. The fourth-order valence-electron chi connectivity index (χ4n) is 3.26. The number of benzene rings is 2. The van der Waals surface area contributed by atoms with E-state index in [-0.39, 0.29) is 16.6 Å². The highest BCUT2D eigenvalue weighted by atomic mass is 19.4. The third-order valence-corrected chi connectivity index (χ3v) is 4.67. The summed E-state index contributed by atoms with van der Waals surface area (Å²) in [6, 6.07) is 10.1. The number of amides is 2. The lowest BCUT2D eigenvalue weighted by Crippen LogP contribution is -2.40. The van der Waals surface area contributed by atoms with Crippen LogP contribution in [0.5, 0.6) is 5.75 Å². The number of alkyl halides is 3. The Morgan fingerprint density at radius 1 is 1.00 bits per heavy atom. The number of carbonyl (C=O) groups is 3. The smallest absolute Gasteiger partial charge is 0.416 e. The number of carbonyl (C=O) groups excluding carboxylic acids is 3. The molecule has 32 heavy (non-hydrogen) atoms. The summed E-state index contributed by atoms with van der Waals surface area (Å²) in [7, 11) is 1.26. The van der Waals surface area contributed by atoms with Crippen molar-refractivity contribution in [2.45, 2.75) is 20.0 Å². The lowest BCUT2D eigenvalue weighted by molar-refractivity contribution is -0.137. The van der Waals surface area contributed by atoms with Crippen molar-refractivity contribution in [3.63, 3.8) is 0 Å². The van der Waals surface area contributed by atoms with E-state index in [1.54, 1.807) is 18.2 Å². The molecule has 2 amide bonds. The number of nitrogens with zero attached hydrogens (tertiary/aromatic N) is 2. The molecule has 166 valence electrons. The van der Waals surface area contributed by atoms with Crippen molar-refractivity contribution < 1.29 is 32.3 Å². The molecule has 0 N–H and O–H groups in total. The van der Waals surface area contributed by atoms with Crippen LogP contribution in [-0.2, 0) is 22.8 Å². The monoisotopic (exact) mass is 446 g/mol. The molecule has 3 rings (SSSR count). The molecule has 0 atom stereocenters. The van der Waals surface area contributed by atoms with E-state index >= 15 is 0 Å². The number of hydrogen-bond acceptors (Lipinski definition) is 5. The van der Waals surface area contributed by atoms with Crippen LogP contribution in [0.15, 0.2) is 53.3 Å². The molecule has 3 aromatic rings. The highest BCUT2D eigenvalue weighted by Gasteiger charge is 2.34. The third kappa shape index (κ3) is 4.11. The first kappa shape index (κ1) is 22.7. The Bertz CT molecular complexity index is 1300. The predicted octanol–water partition coefficient (Wildman–Crippen LogP) is 3.68. The first-order chi connectivity index (χ1) is 14.9. The van der Waals surface area contributed by atoms with E-state index < -0.39 is 46.4 Å². The molecule has 2 aromatic carbocycles. The Morgan fingerprint density at radius 2 is 1.62 bits per heavy atom. The topological polar surface area (TPSA) is 85.7 Å². The van der Waals surface area contributed by atoms with Gasteiger partial charge in [-0.25, -0.2) is 4.90 Å². The minimum Gasteiger partial charge on any atom is -0.425 e. The summed E-state index contributed by atoms with van der Waals surface area (Å²) in [5.74, 6) is -3.49. The van der Waals surface area contributed by atoms with Gasteiger partial charge in [-0.3, -0.25) is 19.2 Å². The molecule has 1 heterocycles. The van der Waals surface area contributed by atoms with Crippen LogP contribution in [0.2, 0.25) is 0 Å². The number of fused-ring (bicyclic) bond motifs is 1. The number of para-hydroxylation sites is 1. The quantitative estimate of drug-likeness (QED) is 0.573. The van der Waals surface area contributed by atoms with Gasteiger partial charge in [-0.15, -0.1) is 0 Å². The van der Waals surface area contributed by atoms with Crippen LogP contribution in [0.25, 0.3) is 10.9 Å². The maximum Gasteiger partial charge on any atom is 0.416 e. The summed E-state index contributed by atoms with van der Waals surface area (Å²) in [5.41, 5.74) is -2.62. The third-order valence-electron chi connectivity index (χ3n) is 4.67. The van der Waals surface area contributed by atoms with Gasteiger partial charge in [0.25, 0.3) is 11.5 Å². The van der Waals surface area contributed by atoms with E-state index in [4.69, 9.17) is 4.74 Å². The molecule has 0 aliphatic carbocycles. The van der Waals surface area contributed by atoms with Crippen molar-refractivity contribution >= 4 is 34.4 Å². The van der Waals surface area contributed by atoms with Crippen LogP contribution < -0.4 is 15.2 Å². The van der Waals surface area contributed by atoms with E-state index in [1.165, 1.54) is 19.2 Å². The van der Waals surface area contributed by atoms with Crippen molar-refractivity contribution in [1.29, 1.82) is 0 Å². The van der Waals surface area contributed by atoms with Crippen molar-refractivity contribution in [2.75, 3.05) is 4.90 Å². The lowest BCUT2D eigenvalue weighted by atomic mass is 10.1. The van der Waals surface area contributed by atoms with Crippen molar-refractivity contribution in [3.8, 4) is 5.75 Å². The van der Waals surface area contributed by atoms with E-state index in [0.29, 0.717) is 11.0 Å². The molecule has 0 bridgehead atoms. The molecule has 0 aliphatic rings. The zero-order chi connectivity index (χ0) is 23.8. The Kier molecular flexibility index (Phi) is 5.89. The fraction of sp³-hybridized carbons (Fsp3) is 0.182. The first-order valence-corrected chi connectivity index (χ1v) is 9.26. The molecular formula is C22H17F3N2O5. The van der Waals surface area contributed by atoms with Gasteiger partial charge < -0.3 is 9.30 Å². The summed E-state index contributed by atoms with van der Waals surface area (Å²) in [6.07, 6.45) is -4.73. The van der Waals surface area contributed by atoms with E-state index in [1.807, 2.05) is 0 Å². The van der Waals surface area contributed by atoms with Gasteiger partial charge in [-0.1, -0.05) is 18.2 Å². The minimum absolute atomic E-state index is 0.00452. The Balaban J connectivity index is 2.40. The number of ether oxygens (including phenoxy) is 1. The normalized spacial score (nSPS) is 11.3. The Morgan fingerprint density at radius 3 is 2.16 bits per heavy atom. The number of anilines is 1. The standard InChI is InChI=1S/C22H17F3N2O5/c1-12(28)27(15-7-5-4-6-8-15)21(31)18-19(32-13(2)29)16-11-14(22(23,24)25)9-10-17(16)26(3)20(18)30/h4-11H,1-3H3. The molecule has 1 aromatic heterocycles. The van der Waals surface area contributed by atoms with Crippen LogP contribution in [0.3, 0.4) is 0 Å². The van der Waals surface area contributed by atoms with Gasteiger partial charge in [-0.05, 0) is 30.3 Å². The van der Waals surface area contributed by atoms with Gasteiger partial charge in [0.15, 0.2) is 5.75 Å². The molecule has 0 spiro atoms. The van der Waals surface area contributed by atoms with Crippen LogP contribution in [0.4, 0.5) is 18.9 Å². The average Bonchev–Trinajstić information content (AvgIpc) is 2.71. The Hall–Kier alpha value is -3.95. The number of esters is 1. The molecule has 7 nitrogen and oxygen atoms in total. The molecule has 0 radical (unpaired) electrons. The van der Waals surface area contributed by atoms with Crippen molar-refractivity contribution in [2.24, 2.45) is 7.05 Å². The molecule has 10 heteroatoms. The molecular weight excluding hydrogens is 429 g/mol. The number of rotatable bonds is 3. The zero-order valence-corrected chi connectivity index (χ0v) is 17.2. The highest BCUT2D eigenvalue weighted by Crippen LogP contribution is 2.36. The SMILES string of the molecule is CC(=O)Oc1c(C(=O)N(C(C)=O)c2ccccc2)c(=O)n(C)c2ccc(C(F)(F)F)cc12. The van der Waals surface area contributed by atoms with Gasteiger partial charge in [0, 0.05) is 26.3 Å². The average molecular weight is 446 g/mol. The summed E-state index contributed by atoms with van der Waals surface area (Å²) in [6.45, 7) is 2.06. The Labute approximate surface area is 179 Å². The van der Waals surface area contributed by atoms with E-state index in [0.717, 1.165) is 30.5 Å². The number of pyridine rings is 1. The van der Waals surface area contributed by atoms with Crippen LogP contribution >= 0.6 is 0 Å². The second kappa shape index (κ2) is 8.29. The first-order valence-electron chi connectivity index (χ1n) is 9.26. The minimum atomic E-state index is -4.73. The van der Waals surface area contributed by atoms with Crippen molar-refractivity contribution in [1.82, 2.24) is 4.57 Å². The van der Waals surface area contributed by atoms with Crippen LogP contribution in [-0.4, -0.2) is 22.4 Å². The molecule has 0 saturated carbocycles.